The van der Waals surface area contributed by atoms with Crippen molar-refractivity contribution in [2.75, 3.05) is 6.54 Å². The van der Waals surface area contributed by atoms with E-state index < -0.39 is 17.7 Å². The fourth-order valence-corrected chi connectivity index (χ4v) is 3.41. The Bertz CT molecular complexity index is 938. The van der Waals surface area contributed by atoms with Crippen molar-refractivity contribution in [2.45, 2.75) is 45.3 Å². The molecule has 3 rings (SSSR count). The maximum Gasteiger partial charge on any atom is 0.411 e. The van der Waals surface area contributed by atoms with Crippen LogP contribution in [0.15, 0.2) is 48.5 Å². The molecule has 2 aromatic rings. The number of fused-ring (bicyclic) bond motifs is 1. The highest BCUT2D eigenvalue weighted by Crippen LogP contribution is 2.38. The molecule has 0 spiro atoms. The smallest absolute Gasteiger partial charge is 0.411 e. The van der Waals surface area contributed by atoms with Crippen molar-refractivity contribution in [3.05, 3.63) is 65.2 Å². The van der Waals surface area contributed by atoms with Gasteiger partial charge in [0.15, 0.2) is 0 Å². The number of carbonyl (C=O) groups is 2. The third-order valence-electron chi connectivity index (χ3n) is 4.65. The van der Waals surface area contributed by atoms with Gasteiger partial charge >= 0.3 is 12.1 Å². The van der Waals surface area contributed by atoms with Crippen molar-refractivity contribution in [3.63, 3.8) is 0 Å². The number of ether oxygens (including phenoxy) is 2. The standard InChI is InChI=1S/C24H25NO4/c1-5-15-25(23(27)29-24(2,3)4)21-14-12-17-11-13-19(16-20(17)21)28-22(26)18-9-7-6-8-10-18/h1,6-11,13,16,21H,12,14-15H2,2-4H3/t21-/m1/s1. The minimum atomic E-state index is -0.613. The quantitative estimate of drug-likeness (QED) is 0.428. The molecule has 1 amide bonds. The summed E-state index contributed by atoms with van der Waals surface area (Å²) in [5, 5.41) is 0. The molecular formula is C24H25NO4. The van der Waals surface area contributed by atoms with Gasteiger partial charge in [-0.15, -0.1) is 6.42 Å². The number of carbonyl (C=O) groups excluding carboxylic acids is 2. The minimum absolute atomic E-state index is 0.146. The first kappa shape index (κ1) is 20.5. The van der Waals surface area contributed by atoms with Crippen LogP contribution < -0.4 is 4.74 Å². The Balaban J connectivity index is 1.83. The third kappa shape index (κ3) is 4.97. The van der Waals surface area contributed by atoms with Crippen molar-refractivity contribution < 1.29 is 19.1 Å². The van der Waals surface area contributed by atoms with Gasteiger partial charge in [0.1, 0.15) is 11.4 Å². The van der Waals surface area contributed by atoms with Crippen LogP contribution in [0.4, 0.5) is 4.79 Å². The van der Waals surface area contributed by atoms with E-state index in [4.69, 9.17) is 15.9 Å². The first-order chi connectivity index (χ1) is 13.8. The van der Waals surface area contributed by atoms with Gasteiger partial charge in [0.05, 0.1) is 18.2 Å². The van der Waals surface area contributed by atoms with Gasteiger partial charge in [-0.05, 0) is 69.0 Å². The summed E-state index contributed by atoms with van der Waals surface area (Å²) in [6.07, 6.45) is 6.62. The molecule has 0 aromatic heterocycles. The molecule has 0 saturated carbocycles. The molecule has 0 bridgehead atoms. The van der Waals surface area contributed by atoms with Crippen LogP contribution in [0.1, 0.15) is 54.7 Å². The molecule has 1 aliphatic rings. The van der Waals surface area contributed by atoms with Gasteiger partial charge in [-0.1, -0.05) is 30.2 Å². The maximum atomic E-state index is 12.7. The number of benzene rings is 2. The van der Waals surface area contributed by atoms with Crippen LogP contribution >= 0.6 is 0 Å². The van der Waals surface area contributed by atoms with E-state index in [2.05, 4.69) is 5.92 Å². The summed E-state index contributed by atoms with van der Waals surface area (Å²) in [5.41, 5.74) is 1.91. The van der Waals surface area contributed by atoms with Gasteiger partial charge < -0.3 is 9.47 Å². The minimum Gasteiger partial charge on any atom is -0.444 e. The van der Waals surface area contributed by atoms with Crippen LogP contribution in [0.5, 0.6) is 5.75 Å². The van der Waals surface area contributed by atoms with Crippen LogP contribution in [-0.4, -0.2) is 29.1 Å². The predicted octanol–water partition coefficient (Wildman–Crippen LogP) is 4.76. The van der Waals surface area contributed by atoms with Crippen LogP contribution in [0.25, 0.3) is 0 Å². The van der Waals surface area contributed by atoms with Crippen LogP contribution in [-0.2, 0) is 11.2 Å². The molecular weight excluding hydrogens is 366 g/mol. The molecule has 1 atom stereocenters. The summed E-state index contributed by atoms with van der Waals surface area (Å²) in [7, 11) is 0. The Morgan fingerprint density at radius 1 is 1.17 bits per heavy atom. The molecule has 0 radical (unpaired) electrons. The first-order valence-electron chi connectivity index (χ1n) is 9.61. The lowest BCUT2D eigenvalue weighted by Gasteiger charge is -2.31. The number of terminal acetylenes is 1. The molecule has 2 aromatic carbocycles. The summed E-state index contributed by atoms with van der Waals surface area (Å²) < 4.78 is 11.1. The predicted molar refractivity (Wildman–Crippen MR) is 111 cm³/mol. The van der Waals surface area contributed by atoms with E-state index in [-0.39, 0.29) is 12.6 Å². The monoisotopic (exact) mass is 391 g/mol. The second kappa shape index (κ2) is 8.40. The highest BCUT2D eigenvalue weighted by atomic mass is 16.6. The molecule has 5 heteroatoms. The Hall–Kier alpha value is -3.26. The van der Waals surface area contributed by atoms with Gasteiger partial charge in [-0.3, -0.25) is 4.90 Å². The summed E-state index contributed by atoms with van der Waals surface area (Å²) in [4.78, 5) is 26.6. The first-order valence-corrected chi connectivity index (χ1v) is 9.61. The third-order valence-corrected chi connectivity index (χ3v) is 4.65. The summed E-state index contributed by atoms with van der Waals surface area (Å²) in [6, 6.07) is 14.1. The Kier molecular flexibility index (Phi) is 5.93. The molecule has 0 unspecified atom stereocenters. The zero-order valence-corrected chi connectivity index (χ0v) is 17.0. The molecule has 0 heterocycles. The lowest BCUT2D eigenvalue weighted by molar-refractivity contribution is 0.0190. The zero-order valence-electron chi connectivity index (χ0n) is 17.0. The average molecular weight is 391 g/mol. The number of esters is 1. The summed E-state index contributed by atoms with van der Waals surface area (Å²) in [6.45, 7) is 5.61. The molecule has 150 valence electrons. The molecule has 0 N–H and O–H groups in total. The van der Waals surface area contributed by atoms with E-state index in [1.807, 2.05) is 39.0 Å². The number of hydrogen-bond acceptors (Lipinski definition) is 4. The van der Waals surface area contributed by atoms with Crippen molar-refractivity contribution in [1.82, 2.24) is 4.90 Å². The van der Waals surface area contributed by atoms with Crippen LogP contribution in [0.2, 0.25) is 0 Å². The number of aryl methyl sites for hydroxylation is 1. The number of nitrogens with zero attached hydrogens (tertiary/aromatic N) is 1. The van der Waals surface area contributed by atoms with E-state index in [0.29, 0.717) is 11.3 Å². The van der Waals surface area contributed by atoms with Gasteiger partial charge in [-0.25, -0.2) is 9.59 Å². The van der Waals surface area contributed by atoms with E-state index in [1.54, 1.807) is 35.2 Å². The SMILES string of the molecule is C#CCN(C(=O)OC(C)(C)C)[C@@H]1CCc2ccc(OC(=O)c3ccccc3)cc21. The summed E-state index contributed by atoms with van der Waals surface area (Å²) >= 11 is 0. The number of amides is 1. The summed E-state index contributed by atoms with van der Waals surface area (Å²) in [5.74, 6) is 2.57. The van der Waals surface area contributed by atoms with E-state index in [1.165, 1.54) is 0 Å². The molecule has 5 nitrogen and oxygen atoms in total. The Labute approximate surface area is 171 Å². The topological polar surface area (TPSA) is 55.8 Å². The van der Waals surface area contributed by atoms with Crippen molar-refractivity contribution in [2.24, 2.45) is 0 Å². The van der Waals surface area contributed by atoms with Crippen LogP contribution in [0.3, 0.4) is 0 Å². The second-order valence-corrected chi connectivity index (χ2v) is 7.98. The maximum absolute atomic E-state index is 12.7. The van der Waals surface area contributed by atoms with E-state index >= 15 is 0 Å². The average Bonchev–Trinajstić information content (AvgIpc) is 3.08. The van der Waals surface area contributed by atoms with Gasteiger partial charge in [0, 0.05) is 0 Å². The molecule has 0 saturated heterocycles. The highest BCUT2D eigenvalue weighted by molar-refractivity contribution is 5.91. The van der Waals surface area contributed by atoms with E-state index in [9.17, 15) is 9.59 Å². The lowest BCUT2D eigenvalue weighted by atomic mass is 10.1. The Morgan fingerprint density at radius 3 is 2.55 bits per heavy atom. The number of rotatable bonds is 4. The molecule has 1 aliphatic carbocycles. The van der Waals surface area contributed by atoms with Gasteiger partial charge in [0.2, 0.25) is 0 Å². The Morgan fingerprint density at radius 2 is 1.90 bits per heavy atom. The van der Waals surface area contributed by atoms with Crippen molar-refractivity contribution >= 4 is 12.1 Å². The van der Waals surface area contributed by atoms with Gasteiger partial charge in [-0.2, -0.15) is 0 Å². The zero-order chi connectivity index (χ0) is 21.0. The lowest BCUT2D eigenvalue weighted by Crippen LogP contribution is -2.39. The van der Waals surface area contributed by atoms with Crippen LogP contribution in [0, 0.1) is 12.3 Å². The van der Waals surface area contributed by atoms with Crippen molar-refractivity contribution in [1.29, 1.82) is 0 Å². The number of hydrogen-bond donors (Lipinski definition) is 0. The molecule has 29 heavy (non-hydrogen) atoms. The molecule has 0 aliphatic heterocycles. The largest absolute Gasteiger partial charge is 0.444 e. The normalized spacial score (nSPS) is 15.2. The molecule has 0 fully saturated rings. The fourth-order valence-electron chi connectivity index (χ4n) is 3.41. The van der Waals surface area contributed by atoms with Gasteiger partial charge in [0.25, 0.3) is 0 Å². The fraction of sp³-hybridized carbons (Fsp3) is 0.333. The van der Waals surface area contributed by atoms with E-state index in [0.717, 1.165) is 24.0 Å². The van der Waals surface area contributed by atoms with Crippen molar-refractivity contribution in [3.8, 4) is 18.1 Å². The second-order valence-electron chi connectivity index (χ2n) is 7.98. The highest BCUT2D eigenvalue weighted by Gasteiger charge is 2.33.